The first-order valence-corrected chi connectivity index (χ1v) is 12.0. The SMILES string of the molecule is CCOC(=O)[C@@H]1CCCN(c2nc3c(c(=O)[nH]2)[C@H](C(=O)Nc2ccc(C(C)C)cc2)CC(=O)N3)C1. The van der Waals surface area contributed by atoms with Gasteiger partial charge >= 0.3 is 5.97 Å². The number of ether oxygens (including phenoxy) is 1. The molecule has 0 unspecified atom stereocenters. The summed E-state index contributed by atoms with van der Waals surface area (Å²) in [6.07, 6.45) is 1.28. The van der Waals surface area contributed by atoms with Crippen LogP contribution in [0.25, 0.3) is 0 Å². The van der Waals surface area contributed by atoms with E-state index < -0.39 is 17.4 Å². The Morgan fingerprint density at radius 2 is 1.97 bits per heavy atom. The normalized spacial score (nSPS) is 19.7. The van der Waals surface area contributed by atoms with E-state index in [9.17, 15) is 19.2 Å². The zero-order valence-electron chi connectivity index (χ0n) is 20.2. The summed E-state index contributed by atoms with van der Waals surface area (Å²) in [4.78, 5) is 59.8. The number of piperidine rings is 1. The van der Waals surface area contributed by atoms with Crippen LogP contribution in [0.3, 0.4) is 0 Å². The van der Waals surface area contributed by atoms with Gasteiger partial charge in [0.05, 0.1) is 24.0 Å². The molecule has 2 atom stereocenters. The molecule has 10 nitrogen and oxygen atoms in total. The number of carbonyl (C=O) groups is 3. The summed E-state index contributed by atoms with van der Waals surface area (Å²) in [5.41, 5.74) is 1.37. The van der Waals surface area contributed by atoms with Crippen molar-refractivity contribution in [1.29, 1.82) is 0 Å². The van der Waals surface area contributed by atoms with Crippen molar-refractivity contribution in [3.05, 3.63) is 45.7 Å². The maximum absolute atomic E-state index is 13.1. The Bertz CT molecular complexity index is 1170. The predicted molar refractivity (Wildman–Crippen MR) is 132 cm³/mol. The number of hydrogen-bond donors (Lipinski definition) is 3. The summed E-state index contributed by atoms with van der Waals surface area (Å²) in [6.45, 7) is 7.18. The third-order valence-corrected chi connectivity index (χ3v) is 6.44. The highest BCUT2D eigenvalue weighted by Crippen LogP contribution is 2.31. The molecule has 0 spiro atoms. The molecular formula is C25H31N5O5. The molecule has 1 aromatic carbocycles. The number of anilines is 3. The molecule has 1 saturated heterocycles. The van der Waals surface area contributed by atoms with Crippen LogP contribution < -0.4 is 21.1 Å². The second kappa shape index (κ2) is 10.3. The van der Waals surface area contributed by atoms with E-state index in [-0.39, 0.29) is 41.5 Å². The first-order valence-electron chi connectivity index (χ1n) is 12.0. The number of benzene rings is 1. The van der Waals surface area contributed by atoms with Crippen molar-refractivity contribution in [2.24, 2.45) is 5.92 Å². The minimum absolute atomic E-state index is 0.0774. The highest BCUT2D eigenvalue weighted by atomic mass is 16.5. The Kier molecular flexibility index (Phi) is 7.18. The second-order valence-electron chi connectivity index (χ2n) is 9.26. The van der Waals surface area contributed by atoms with Crippen molar-refractivity contribution >= 4 is 35.2 Å². The van der Waals surface area contributed by atoms with Gasteiger partial charge in [-0.3, -0.25) is 24.2 Å². The van der Waals surface area contributed by atoms with Gasteiger partial charge in [0.25, 0.3) is 5.56 Å². The lowest BCUT2D eigenvalue weighted by Crippen LogP contribution is -2.42. The second-order valence-corrected chi connectivity index (χ2v) is 9.26. The summed E-state index contributed by atoms with van der Waals surface area (Å²) in [7, 11) is 0. The third kappa shape index (κ3) is 5.36. The molecule has 0 bridgehead atoms. The third-order valence-electron chi connectivity index (χ3n) is 6.44. The van der Waals surface area contributed by atoms with Gasteiger partial charge in [0.2, 0.25) is 17.8 Å². The Morgan fingerprint density at radius 3 is 2.66 bits per heavy atom. The van der Waals surface area contributed by atoms with E-state index in [1.807, 2.05) is 12.1 Å². The molecule has 2 amide bonds. The Labute approximate surface area is 203 Å². The zero-order valence-corrected chi connectivity index (χ0v) is 20.2. The van der Waals surface area contributed by atoms with Crippen molar-refractivity contribution in [1.82, 2.24) is 9.97 Å². The maximum Gasteiger partial charge on any atom is 0.310 e. The van der Waals surface area contributed by atoms with Gasteiger partial charge in [0.15, 0.2) is 0 Å². The smallest absolute Gasteiger partial charge is 0.310 e. The van der Waals surface area contributed by atoms with Crippen LogP contribution in [0.5, 0.6) is 0 Å². The summed E-state index contributed by atoms with van der Waals surface area (Å²) >= 11 is 0. The average molecular weight is 482 g/mol. The van der Waals surface area contributed by atoms with Crippen molar-refractivity contribution < 1.29 is 19.1 Å². The van der Waals surface area contributed by atoms with Gasteiger partial charge in [-0.15, -0.1) is 0 Å². The molecular weight excluding hydrogens is 450 g/mol. The summed E-state index contributed by atoms with van der Waals surface area (Å²) in [6, 6.07) is 7.48. The highest BCUT2D eigenvalue weighted by molar-refractivity contribution is 6.04. The zero-order chi connectivity index (χ0) is 25.1. The van der Waals surface area contributed by atoms with Crippen LogP contribution in [0.2, 0.25) is 0 Å². The fourth-order valence-corrected chi connectivity index (χ4v) is 4.54. The number of hydrogen-bond acceptors (Lipinski definition) is 7. The van der Waals surface area contributed by atoms with Crippen LogP contribution in [-0.4, -0.2) is 47.4 Å². The molecule has 10 heteroatoms. The van der Waals surface area contributed by atoms with E-state index in [1.54, 1.807) is 24.0 Å². The molecule has 2 aliphatic rings. The molecule has 0 radical (unpaired) electrons. The predicted octanol–water partition coefficient (Wildman–Crippen LogP) is 2.74. The van der Waals surface area contributed by atoms with Crippen molar-refractivity contribution in [2.45, 2.75) is 51.9 Å². The quantitative estimate of drug-likeness (QED) is 0.540. The standard InChI is InChI=1S/C25H31N5O5/c1-4-35-24(34)16-6-5-11-30(13-16)25-28-21-20(23(33)29-25)18(12-19(31)27-21)22(32)26-17-9-7-15(8-10-17)14(2)3/h7-10,14,16,18H,4-6,11-13H2,1-3H3,(H,26,32)(H2,27,28,29,31,33)/t16-,18-/m1/s1. The molecule has 35 heavy (non-hydrogen) atoms. The number of nitrogens with one attached hydrogen (secondary N) is 3. The number of fused-ring (bicyclic) bond motifs is 1. The largest absolute Gasteiger partial charge is 0.466 e. The van der Waals surface area contributed by atoms with Gasteiger partial charge < -0.3 is 20.3 Å². The van der Waals surface area contributed by atoms with Gasteiger partial charge in [-0.2, -0.15) is 4.98 Å². The Balaban J connectivity index is 1.56. The number of carbonyl (C=O) groups excluding carboxylic acids is 3. The van der Waals surface area contributed by atoms with E-state index in [4.69, 9.17) is 4.74 Å². The number of nitrogens with zero attached hydrogens (tertiary/aromatic N) is 2. The molecule has 0 saturated carbocycles. The summed E-state index contributed by atoms with van der Waals surface area (Å²) in [5, 5.41) is 5.45. The first kappa shape index (κ1) is 24.4. The minimum Gasteiger partial charge on any atom is -0.466 e. The molecule has 0 aliphatic carbocycles. The summed E-state index contributed by atoms with van der Waals surface area (Å²) < 4.78 is 5.14. The molecule has 3 N–H and O–H groups in total. The van der Waals surface area contributed by atoms with E-state index in [0.717, 1.165) is 12.0 Å². The van der Waals surface area contributed by atoms with Gasteiger partial charge in [0.1, 0.15) is 5.82 Å². The number of aromatic nitrogens is 2. The highest BCUT2D eigenvalue weighted by Gasteiger charge is 2.36. The van der Waals surface area contributed by atoms with Crippen LogP contribution in [0.1, 0.15) is 63.0 Å². The number of aromatic amines is 1. The van der Waals surface area contributed by atoms with Crippen LogP contribution in [0, 0.1) is 5.92 Å². The van der Waals surface area contributed by atoms with E-state index in [0.29, 0.717) is 37.7 Å². The summed E-state index contributed by atoms with van der Waals surface area (Å²) in [5.74, 6) is -1.70. The average Bonchev–Trinajstić information content (AvgIpc) is 2.83. The van der Waals surface area contributed by atoms with E-state index >= 15 is 0 Å². The maximum atomic E-state index is 13.1. The Morgan fingerprint density at radius 1 is 1.23 bits per heavy atom. The molecule has 186 valence electrons. The van der Waals surface area contributed by atoms with Crippen LogP contribution in [0.4, 0.5) is 17.5 Å². The van der Waals surface area contributed by atoms with Crippen LogP contribution in [-0.2, 0) is 19.1 Å². The minimum atomic E-state index is -0.970. The topological polar surface area (TPSA) is 133 Å². The van der Waals surface area contributed by atoms with Gasteiger partial charge in [0, 0.05) is 25.2 Å². The fraction of sp³-hybridized carbons (Fsp3) is 0.480. The van der Waals surface area contributed by atoms with E-state index in [2.05, 4.69) is 34.4 Å². The van der Waals surface area contributed by atoms with Gasteiger partial charge in [-0.25, -0.2) is 0 Å². The molecule has 1 aromatic heterocycles. The first-order chi connectivity index (χ1) is 16.8. The number of H-pyrrole nitrogens is 1. The lowest BCUT2D eigenvalue weighted by molar-refractivity contribution is -0.148. The van der Waals surface area contributed by atoms with Crippen LogP contribution in [0.15, 0.2) is 29.1 Å². The lowest BCUT2D eigenvalue weighted by Gasteiger charge is -2.32. The molecule has 1 fully saturated rings. The van der Waals surface area contributed by atoms with Crippen molar-refractivity contribution in [3.8, 4) is 0 Å². The molecule has 2 aromatic rings. The van der Waals surface area contributed by atoms with Crippen molar-refractivity contribution in [3.63, 3.8) is 0 Å². The number of rotatable bonds is 6. The van der Waals surface area contributed by atoms with Gasteiger partial charge in [-0.05, 0) is 43.4 Å². The van der Waals surface area contributed by atoms with E-state index in [1.165, 1.54) is 0 Å². The molecule has 4 rings (SSSR count). The van der Waals surface area contributed by atoms with Crippen molar-refractivity contribution in [2.75, 3.05) is 35.2 Å². The molecule has 2 aliphatic heterocycles. The monoisotopic (exact) mass is 481 g/mol. The van der Waals surface area contributed by atoms with Gasteiger partial charge in [-0.1, -0.05) is 26.0 Å². The molecule has 3 heterocycles. The lowest BCUT2D eigenvalue weighted by atomic mass is 9.92. The fourth-order valence-electron chi connectivity index (χ4n) is 4.54. The number of esters is 1. The van der Waals surface area contributed by atoms with Crippen LogP contribution >= 0.6 is 0 Å². The number of amides is 2. The Hall–Kier alpha value is -3.69.